The van der Waals surface area contributed by atoms with Crippen molar-refractivity contribution in [3.8, 4) is 0 Å². The second kappa shape index (κ2) is 13.5. The second-order valence-electron chi connectivity index (χ2n) is 12.1. The van der Waals surface area contributed by atoms with E-state index >= 15 is 0 Å². The molecule has 40 heavy (non-hydrogen) atoms. The minimum atomic E-state index is -1.95. The highest BCUT2D eigenvalue weighted by Gasteiger charge is 2.32. The van der Waals surface area contributed by atoms with Gasteiger partial charge in [-0.15, -0.1) is 0 Å². The topological polar surface area (TPSA) is 4.93 Å². The summed E-state index contributed by atoms with van der Waals surface area (Å²) < 4.78 is 2.61. The van der Waals surface area contributed by atoms with Crippen LogP contribution in [-0.2, 0) is 13.0 Å². The molecule has 0 amide bonds. The van der Waals surface area contributed by atoms with E-state index in [1.54, 1.807) is 5.19 Å². The summed E-state index contributed by atoms with van der Waals surface area (Å²) >= 11 is 0. The third kappa shape index (κ3) is 6.44. The van der Waals surface area contributed by atoms with Gasteiger partial charge in [-0.05, 0) is 49.6 Å². The Hall–Kier alpha value is -3.10. The van der Waals surface area contributed by atoms with Gasteiger partial charge in [-0.1, -0.05) is 153 Å². The fourth-order valence-electron chi connectivity index (χ4n) is 6.51. The van der Waals surface area contributed by atoms with Gasteiger partial charge in [0, 0.05) is 28.4 Å². The smallest absolute Gasteiger partial charge is 0.115 e. The van der Waals surface area contributed by atoms with Gasteiger partial charge in [0.1, 0.15) is 8.07 Å². The molecule has 5 aromatic rings. The van der Waals surface area contributed by atoms with Crippen LogP contribution in [0.15, 0.2) is 97.1 Å². The number of aromatic nitrogens is 1. The maximum atomic E-state index is 2.61. The van der Waals surface area contributed by atoms with E-state index in [0.717, 1.165) is 13.0 Å². The van der Waals surface area contributed by atoms with Crippen LogP contribution < -0.4 is 10.4 Å². The molecule has 0 aliphatic carbocycles. The molecule has 0 saturated heterocycles. The number of benzene rings is 4. The van der Waals surface area contributed by atoms with Crippen LogP contribution in [0.1, 0.15) is 69.4 Å². The second-order valence-corrected chi connectivity index (χ2v) is 16.4. The molecule has 0 saturated carbocycles. The molecule has 1 unspecified atom stereocenters. The van der Waals surface area contributed by atoms with Crippen LogP contribution in [0.2, 0.25) is 12.6 Å². The highest BCUT2D eigenvalue weighted by Crippen LogP contribution is 2.31. The Kier molecular flexibility index (Phi) is 9.60. The normalized spacial score (nSPS) is 13.2. The lowest BCUT2D eigenvalue weighted by molar-refractivity contribution is 0.553. The molecule has 0 aliphatic rings. The summed E-state index contributed by atoms with van der Waals surface area (Å²) in [5.74, 6) is 0. The van der Waals surface area contributed by atoms with E-state index in [4.69, 9.17) is 0 Å². The van der Waals surface area contributed by atoms with Gasteiger partial charge in [-0.25, -0.2) is 0 Å². The zero-order chi connectivity index (χ0) is 27.8. The first kappa shape index (κ1) is 28.4. The Labute approximate surface area is 243 Å². The number of hydrogen-bond donors (Lipinski definition) is 0. The Morgan fingerprint density at radius 3 is 1.90 bits per heavy atom. The van der Waals surface area contributed by atoms with Crippen molar-refractivity contribution in [1.29, 1.82) is 0 Å². The number of nitrogens with zero attached hydrogens (tertiary/aromatic N) is 1. The zero-order valence-corrected chi connectivity index (χ0v) is 26.0. The summed E-state index contributed by atoms with van der Waals surface area (Å²) in [6, 6.07) is 38.1. The lowest BCUT2D eigenvalue weighted by atomic mass is 10.1. The third-order valence-electron chi connectivity index (χ3n) is 9.06. The zero-order valence-electron chi connectivity index (χ0n) is 25.0. The van der Waals surface area contributed by atoms with E-state index in [9.17, 15) is 0 Å². The Bertz CT molecular complexity index is 1500. The van der Waals surface area contributed by atoms with E-state index in [1.165, 1.54) is 95.5 Å². The number of unbranched alkanes of at least 4 members (excludes halogenated alkanes) is 7. The maximum absolute atomic E-state index is 2.61. The molecule has 1 heterocycles. The minimum absolute atomic E-state index is 1.11. The van der Waals surface area contributed by atoms with Crippen LogP contribution in [0, 0.1) is 6.92 Å². The van der Waals surface area contributed by atoms with Crippen molar-refractivity contribution >= 4 is 40.3 Å². The van der Waals surface area contributed by atoms with Gasteiger partial charge in [-0.3, -0.25) is 0 Å². The number of rotatable bonds is 14. The average molecular weight is 546 g/mol. The molecule has 0 N–H and O–H groups in total. The fourth-order valence-corrected chi connectivity index (χ4v) is 10.0. The molecule has 0 spiro atoms. The molecule has 1 atom stereocenters. The van der Waals surface area contributed by atoms with Crippen LogP contribution >= 0.6 is 0 Å². The molecule has 0 bridgehead atoms. The van der Waals surface area contributed by atoms with Crippen LogP contribution in [0.3, 0.4) is 0 Å². The molecule has 1 nitrogen and oxygen atoms in total. The van der Waals surface area contributed by atoms with Crippen molar-refractivity contribution in [2.75, 3.05) is 0 Å². The van der Waals surface area contributed by atoms with Crippen molar-refractivity contribution in [2.24, 2.45) is 0 Å². The summed E-state index contributed by atoms with van der Waals surface area (Å²) in [7, 11) is -1.95. The van der Waals surface area contributed by atoms with Crippen molar-refractivity contribution in [3.05, 3.63) is 108 Å². The lowest BCUT2D eigenvalue weighted by Gasteiger charge is -2.29. The summed E-state index contributed by atoms with van der Waals surface area (Å²) in [4.78, 5) is 0. The van der Waals surface area contributed by atoms with E-state index in [-0.39, 0.29) is 0 Å². The number of aryl methyl sites for hydroxylation is 3. The first-order valence-electron chi connectivity index (χ1n) is 15.7. The van der Waals surface area contributed by atoms with Gasteiger partial charge >= 0.3 is 0 Å². The molecule has 0 radical (unpaired) electrons. The van der Waals surface area contributed by atoms with E-state index in [1.807, 2.05) is 0 Å². The quantitative estimate of drug-likeness (QED) is 0.0967. The average Bonchev–Trinajstić information content (AvgIpc) is 3.30. The summed E-state index contributed by atoms with van der Waals surface area (Å²) in [5.41, 5.74) is 5.58. The summed E-state index contributed by atoms with van der Waals surface area (Å²) in [5, 5.41) is 5.94. The Morgan fingerprint density at radius 1 is 0.600 bits per heavy atom. The van der Waals surface area contributed by atoms with E-state index < -0.39 is 8.07 Å². The van der Waals surface area contributed by atoms with E-state index in [2.05, 4.69) is 122 Å². The van der Waals surface area contributed by atoms with Gasteiger partial charge < -0.3 is 4.57 Å². The summed E-state index contributed by atoms with van der Waals surface area (Å²) in [6.07, 6.45) is 12.0. The predicted octanol–water partition coefficient (Wildman–Crippen LogP) is 9.68. The van der Waals surface area contributed by atoms with Gasteiger partial charge in [0.05, 0.1) is 0 Å². The highest BCUT2D eigenvalue weighted by atomic mass is 28.3. The lowest BCUT2D eigenvalue weighted by Crippen LogP contribution is -2.55. The van der Waals surface area contributed by atoms with Gasteiger partial charge in [0.2, 0.25) is 0 Å². The molecule has 0 aliphatic heterocycles. The van der Waals surface area contributed by atoms with Gasteiger partial charge in [0.25, 0.3) is 0 Å². The molecular weight excluding hydrogens is 499 g/mol. The highest BCUT2D eigenvalue weighted by molar-refractivity contribution is 7.01. The van der Waals surface area contributed by atoms with Gasteiger partial charge in [-0.2, -0.15) is 0 Å². The van der Waals surface area contributed by atoms with Crippen molar-refractivity contribution < 1.29 is 0 Å². The van der Waals surface area contributed by atoms with E-state index in [0.29, 0.717) is 0 Å². The Morgan fingerprint density at radius 2 is 1.20 bits per heavy atom. The first-order valence-corrected chi connectivity index (χ1v) is 18.4. The molecule has 4 aromatic carbocycles. The Balaban J connectivity index is 1.46. The first-order chi connectivity index (χ1) is 19.6. The van der Waals surface area contributed by atoms with Crippen LogP contribution in [0.4, 0.5) is 0 Å². The maximum Gasteiger partial charge on any atom is 0.115 e. The molecule has 1 aromatic heterocycles. The number of fused-ring (bicyclic) bond motifs is 3. The standard InChI is InChI=1S/C38H47NSi/c1-4-5-6-7-8-9-10-17-27-39-37-24-22-31(2)29-35(37)36-30-34(23-25-38(36)39)40(3,33-20-15-12-16-21-33)28-26-32-18-13-11-14-19-32/h11-16,18-25,29-30H,4-10,17,26-28H2,1-3H3. The van der Waals surface area contributed by atoms with Crippen LogP contribution in [0.25, 0.3) is 21.8 Å². The van der Waals surface area contributed by atoms with Crippen LogP contribution in [-0.4, -0.2) is 12.6 Å². The monoisotopic (exact) mass is 545 g/mol. The summed E-state index contributed by atoms with van der Waals surface area (Å²) in [6.45, 7) is 8.22. The van der Waals surface area contributed by atoms with Crippen LogP contribution in [0.5, 0.6) is 0 Å². The van der Waals surface area contributed by atoms with Gasteiger partial charge in [0.15, 0.2) is 0 Å². The molecule has 5 rings (SSSR count). The predicted molar refractivity (Wildman–Crippen MR) is 179 cm³/mol. The third-order valence-corrected chi connectivity index (χ3v) is 13.5. The number of hydrogen-bond acceptors (Lipinski definition) is 0. The minimum Gasteiger partial charge on any atom is -0.340 e. The van der Waals surface area contributed by atoms with Crippen molar-refractivity contribution in [1.82, 2.24) is 4.57 Å². The molecule has 0 fully saturated rings. The van der Waals surface area contributed by atoms with Crippen molar-refractivity contribution in [3.63, 3.8) is 0 Å². The molecule has 208 valence electrons. The molecular formula is C38H47NSi. The molecule has 2 heteroatoms. The van der Waals surface area contributed by atoms with Crippen molar-refractivity contribution in [2.45, 2.75) is 90.8 Å². The largest absolute Gasteiger partial charge is 0.340 e. The fraction of sp³-hybridized carbons (Fsp3) is 0.368. The SMILES string of the molecule is CCCCCCCCCCn1c2ccc(C)cc2c2cc([Si](C)(CCc3ccccc3)c3ccccc3)ccc21.